The molecule has 0 radical (unpaired) electrons. The third-order valence-corrected chi connectivity index (χ3v) is 7.81. The van der Waals surface area contributed by atoms with Crippen LogP contribution in [0.5, 0.6) is 5.75 Å². The molecule has 0 aliphatic carbocycles. The summed E-state index contributed by atoms with van der Waals surface area (Å²) in [7, 11) is -2.52. The van der Waals surface area contributed by atoms with Crippen molar-refractivity contribution >= 4 is 67.3 Å². The highest BCUT2D eigenvalue weighted by Gasteiger charge is 2.37. The van der Waals surface area contributed by atoms with Crippen molar-refractivity contribution < 1.29 is 17.9 Å². The minimum Gasteiger partial charge on any atom is -0.495 e. The second kappa shape index (κ2) is 9.19. The first-order valence-corrected chi connectivity index (χ1v) is 12.7. The predicted molar refractivity (Wildman–Crippen MR) is 131 cm³/mol. The summed E-state index contributed by atoms with van der Waals surface area (Å²) in [6.07, 6.45) is 1.32. The van der Waals surface area contributed by atoms with Gasteiger partial charge < -0.3 is 14.5 Å². The van der Waals surface area contributed by atoms with Crippen molar-refractivity contribution in [3.8, 4) is 11.8 Å². The number of nitriles is 1. The fourth-order valence-corrected chi connectivity index (χ4v) is 5.71. The number of amides is 1. The van der Waals surface area contributed by atoms with E-state index < -0.39 is 19.7 Å². The smallest absolute Gasteiger partial charge is 0.274 e. The minimum absolute atomic E-state index is 0.0355. The first-order chi connectivity index (χ1) is 16.1. The van der Waals surface area contributed by atoms with E-state index in [1.807, 2.05) is 11.0 Å². The molecule has 1 aliphatic rings. The number of halogens is 3. The first-order valence-electron chi connectivity index (χ1n) is 10.1. The lowest BCUT2D eigenvalue weighted by molar-refractivity contribution is -0.130. The van der Waals surface area contributed by atoms with Crippen LogP contribution in [-0.2, 0) is 14.8 Å². The lowest BCUT2D eigenvalue weighted by atomic mass is 10.2. The Morgan fingerprint density at radius 2 is 1.76 bits per heavy atom. The fraction of sp³-hybridized carbons (Fsp3) is 0.273. The summed E-state index contributed by atoms with van der Waals surface area (Å²) in [5.74, 6) is -0.122. The molecule has 0 bridgehead atoms. The highest BCUT2D eigenvalue weighted by molar-refractivity contribution is 7.90. The van der Waals surface area contributed by atoms with Gasteiger partial charge in [0.05, 0.1) is 28.8 Å². The Hall–Kier alpha value is -2.64. The molecule has 1 fully saturated rings. The molecule has 2 heterocycles. The Morgan fingerprint density at radius 1 is 1.09 bits per heavy atom. The molecule has 4 rings (SSSR count). The van der Waals surface area contributed by atoms with E-state index in [-0.39, 0.29) is 10.5 Å². The molecule has 8 nitrogen and oxygen atoms in total. The number of hydrogen-bond donors (Lipinski definition) is 0. The summed E-state index contributed by atoms with van der Waals surface area (Å²) in [5.41, 5.74) is 1.24. The molecule has 34 heavy (non-hydrogen) atoms. The van der Waals surface area contributed by atoms with Gasteiger partial charge in [0.2, 0.25) is 0 Å². The molecule has 0 N–H and O–H groups in total. The van der Waals surface area contributed by atoms with Gasteiger partial charge >= 0.3 is 0 Å². The summed E-state index contributed by atoms with van der Waals surface area (Å²) >= 11 is 17.2. The van der Waals surface area contributed by atoms with Crippen molar-refractivity contribution in [3.63, 3.8) is 0 Å². The van der Waals surface area contributed by atoms with E-state index in [0.717, 1.165) is 3.97 Å². The van der Waals surface area contributed by atoms with Crippen molar-refractivity contribution in [2.24, 2.45) is 0 Å². The number of rotatable bonds is 4. The van der Waals surface area contributed by atoms with Crippen LogP contribution in [0.4, 0.5) is 5.69 Å². The predicted octanol–water partition coefficient (Wildman–Crippen LogP) is 3.78. The number of carbonyl (C=O) groups is 1. The van der Waals surface area contributed by atoms with Gasteiger partial charge in [-0.25, -0.2) is 12.4 Å². The molecule has 0 spiro atoms. The van der Waals surface area contributed by atoms with E-state index in [1.165, 1.54) is 30.3 Å². The molecule has 1 aromatic heterocycles. The molecular formula is C22H19Cl3N4O4S. The maximum atomic E-state index is 13.6. The number of para-hydroxylation sites is 1. The van der Waals surface area contributed by atoms with Gasteiger partial charge in [0.25, 0.3) is 19.7 Å². The van der Waals surface area contributed by atoms with Crippen LogP contribution < -0.4 is 9.64 Å². The van der Waals surface area contributed by atoms with Crippen molar-refractivity contribution in [1.29, 1.82) is 5.26 Å². The average Bonchev–Trinajstić information content (AvgIpc) is 3.22. The summed E-state index contributed by atoms with van der Waals surface area (Å²) in [4.78, 5) is 15.6. The molecule has 1 aliphatic heterocycles. The summed E-state index contributed by atoms with van der Waals surface area (Å²) in [5, 5.41) is 10.00. The number of carbonyl (C=O) groups excluding carboxylic acids is 1. The van der Waals surface area contributed by atoms with Crippen LogP contribution in [0.25, 0.3) is 10.9 Å². The summed E-state index contributed by atoms with van der Waals surface area (Å²) in [6, 6.07) is 13.4. The van der Waals surface area contributed by atoms with Gasteiger partial charge in [-0.2, -0.15) is 5.26 Å². The van der Waals surface area contributed by atoms with Gasteiger partial charge in [0.15, 0.2) is 0 Å². The van der Waals surface area contributed by atoms with Crippen molar-refractivity contribution in [2.45, 2.75) is 8.69 Å². The summed E-state index contributed by atoms with van der Waals surface area (Å²) in [6.45, 7) is 1.36. The number of fused-ring (bicyclic) bond motifs is 1. The van der Waals surface area contributed by atoms with Crippen LogP contribution in [0.1, 0.15) is 5.56 Å². The van der Waals surface area contributed by atoms with Gasteiger partial charge in [-0.3, -0.25) is 4.79 Å². The highest BCUT2D eigenvalue weighted by Crippen LogP contribution is 2.35. The van der Waals surface area contributed by atoms with E-state index in [0.29, 0.717) is 48.5 Å². The molecule has 1 saturated heterocycles. The SMILES string of the molecule is COc1ccc(S(=O)(=O)n2cc(C#N)c3ccccc32)cc1N1CCN(C(=O)C(Cl)(Cl)Cl)CC1. The topological polar surface area (TPSA) is 95.6 Å². The first kappa shape index (κ1) is 24.5. The minimum atomic E-state index is -4.02. The summed E-state index contributed by atoms with van der Waals surface area (Å²) < 4.78 is 31.7. The van der Waals surface area contributed by atoms with E-state index in [2.05, 4.69) is 0 Å². The molecule has 3 aromatic rings. The molecule has 178 valence electrons. The Balaban J connectivity index is 1.69. The molecule has 1 amide bonds. The Labute approximate surface area is 211 Å². The molecule has 12 heteroatoms. The number of hydrogen-bond acceptors (Lipinski definition) is 6. The number of piperazine rings is 1. The number of methoxy groups -OCH3 is 1. The normalized spacial score (nSPS) is 14.8. The van der Waals surface area contributed by atoms with E-state index >= 15 is 0 Å². The van der Waals surface area contributed by atoms with Gasteiger partial charge in [-0.05, 0) is 24.3 Å². The Kier molecular flexibility index (Phi) is 6.62. The number of aromatic nitrogens is 1. The van der Waals surface area contributed by atoms with Crippen LogP contribution in [0.15, 0.2) is 53.6 Å². The van der Waals surface area contributed by atoms with Crippen LogP contribution >= 0.6 is 34.8 Å². The van der Waals surface area contributed by atoms with Crippen molar-refractivity contribution in [3.05, 3.63) is 54.2 Å². The van der Waals surface area contributed by atoms with Gasteiger partial charge in [0.1, 0.15) is 11.8 Å². The lowest BCUT2D eigenvalue weighted by Gasteiger charge is -2.37. The molecular weight excluding hydrogens is 523 g/mol. The molecule has 2 aromatic carbocycles. The average molecular weight is 542 g/mol. The number of alkyl halides is 3. The number of ether oxygens (including phenoxy) is 1. The molecule has 0 saturated carbocycles. The second-order valence-corrected chi connectivity index (χ2v) is 11.7. The zero-order valence-electron chi connectivity index (χ0n) is 17.9. The molecule has 0 unspecified atom stereocenters. The van der Waals surface area contributed by atoms with E-state index in [1.54, 1.807) is 30.3 Å². The Morgan fingerprint density at radius 3 is 2.38 bits per heavy atom. The number of nitrogens with zero attached hydrogens (tertiary/aromatic N) is 4. The van der Waals surface area contributed by atoms with Crippen molar-refractivity contribution in [1.82, 2.24) is 8.87 Å². The van der Waals surface area contributed by atoms with Crippen molar-refractivity contribution in [2.75, 3.05) is 38.2 Å². The molecule has 0 atom stereocenters. The van der Waals surface area contributed by atoms with E-state index in [9.17, 15) is 18.5 Å². The maximum absolute atomic E-state index is 13.6. The zero-order valence-corrected chi connectivity index (χ0v) is 21.0. The quantitative estimate of drug-likeness (QED) is 0.467. The van der Waals surface area contributed by atoms with Crippen LogP contribution in [-0.4, -0.2) is 60.3 Å². The van der Waals surface area contributed by atoms with Gasteiger partial charge in [0, 0.05) is 37.8 Å². The van der Waals surface area contributed by atoms with Gasteiger partial charge in [-0.15, -0.1) is 0 Å². The largest absolute Gasteiger partial charge is 0.495 e. The van der Waals surface area contributed by atoms with Crippen LogP contribution in [0, 0.1) is 11.3 Å². The van der Waals surface area contributed by atoms with E-state index in [4.69, 9.17) is 39.5 Å². The van der Waals surface area contributed by atoms with Crippen LogP contribution in [0.3, 0.4) is 0 Å². The highest BCUT2D eigenvalue weighted by atomic mass is 35.6. The third-order valence-electron chi connectivity index (χ3n) is 5.66. The fourth-order valence-electron chi connectivity index (χ4n) is 3.96. The second-order valence-electron chi connectivity index (χ2n) is 7.58. The standard InChI is InChI=1S/C22H19Cl3N4O4S/c1-33-20-7-6-16(12-19(20)27-8-10-28(11-9-27)21(30)22(23,24)25)34(31,32)29-14-15(13-26)17-4-2-3-5-18(17)29/h2-7,12,14H,8-11H2,1H3. The van der Waals surface area contributed by atoms with Gasteiger partial charge in [-0.1, -0.05) is 53.0 Å². The zero-order chi connectivity index (χ0) is 24.7. The maximum Gasteiger partial charge on any atom is 0.274 e. The Bertz CT molecular complexity index is 1400. The van der Waals surface area contributed by atoms with Crippen LogP contribution in [0.2, 0.25) is 0 Å². The number of benzene rings is 2. The number of anilines is 1. The lowest BCUT2D eigenvalue weighted by Crippen LogP contribution is -2.51. The monoisotopic (exact) mass is 540 g/mol. The third kappa shape index (κ3) is 4.39.